The van der Waals surface area contributed by atoms with Gasteiger partial charge in [-0.3, -0.25) is 0 Å². The smallest absolute Gasteiger partial charge is 0.211 e. The zero-order valence-electron chi connectivity index (χ0n) is 17.3. The molecule has 4 aromatic carbocycles. The van der Waals surface area contributed by atoms with Crippen LogP contribution in [0, 0.1) is 0 Å². The molecule has 1 nitrogen and oxygen atoms in total. The lowest BCUT2D eigenvalue weighted by Gasteiger charge is -2.11. The summed E-state index contributed by atoms with van der Waals surface area (Å²) in [4.78, 5) is 3.55. The fourth-order valence-electron chi connectivity index (χ4n) is 4.43. The molecule has 1 heteroatoms. The highest BCUT2D eigenvalue weighted by Crippen LogP contribution is 2.34. The molecule has 0 saturated carbocycles. The molecule has 0 amide bonds. The van der Waals surface area contributed by atoms with E-state index >= 15 is 0 Å². The molecule has 0 atom stereocenters. The van der Waals surface area contributed by atoms with Gasteiger partial charge in [0, 0.05) is 17.0 Å². The number of hydrogen-bond donors (Lipinski definition) is 0. The molecule has 1 N–H and O–H groups in total. The van der Waals surface area contributed by atoms with Crippen molar-refractivity contribution in [1.29, 1.82) is 0 Å². The molecule has 0 aliphatic carbocycles. The molecular formula is C28H26N+. The van der Waals surface area contributed by atoms with Crippen LogP contribution < -0.4 is 4.98 Å². The molecule has 0 aliphatic rings. The zero-order chi connectivity index (χ0) is 20.0. The van der Waals surface area contributed by atoms with Gasteiger partial charge in [0.15, 0.2) is 6.20 Å². The molecule has 0 radical (unpaired) electrons. The van der Waals surface area contributed by atoms with Crippen molar-refractivity contribution in [3.05, 3.63) is 90.1 Å². The minimum absolute atomic E-state index is 0.516. The number of pyridine rings is 1. The summed E-state index contributed by atoms with van der Waals surface area (Å²) in [6, 6.07) is 27.0. The van der Waals surface area contributed by atoms with Gasteiger partial charge < -0.3 is 0 Å². The number of aromatic amines is 1. The predicted molar refractivity (Wildman–Crippen MR) is 124 cm³/mol. The first-order chi connectivity index (χ1) is 14.2. The Kier molecular flexibility index (Phi) is 4.32. The van der Waals surface area contributed by atoms with Crippen LogP contribution in [0.1, 0.15) is 37.8 Å². The fraction of sp³-hybridized carbons (Fsp3) is 0.179. The molecular weight excluding hydrogens is 350 g/mol. The van der Waals surface area contributed by atoms with Crippen molar-refractivity contribution < 1.29 is 4.98 Å². The van der Waals surface area contributed by atoms with Crippen LogP contribution in [0.2, 0.25) is 0 Å². The summed E-state index contributed by atoms with van der Waals surface area (Å²) < 4.78 is 0. The van der Waals surface area contributed by atoms with Crippen LogP contribution in [0.5, 0.6) is 0 Å². The third-order valence-electron chi connectivity index (χ3n) is 6.09. The number of aryl methyl sites for hydroxylation is 1. The Hall–Kier alpha value is -3.19. The number of fused-ring (bicyclic) bond motifs is 5. The monoisotopic (exact) mass is 376 g/mol. The van der Waals surface area contributed by atoms with Crippen LogP contribution in [0.15, 0.2) is 79.0 Å². The van der Waals surface area contributed by atoms with Gasteiger partial charge in [-0.05, 0) is 63.2 Å². The van der Waals surface area contributed by atoms with Crippen LogP contribution in [0.4, 0.5) is 0 Å². The van der Waals surface area contributed by atoms with E-state index in [9.17, 15) is 0 Å². The van der Waals surface area contributed by atoms with E-state index in [1.807, 2.05) is 0 Å². The fourth-order valence-corrected chi connectivity index (χ4v) is 4.43. The third-order valence-corrected chi connectivity index (χ3v) is 6.09. The summed E-state index contributed by atoms with van der Waals surface area (Å²) in [5.74, 6) is 0.516. The van der Waals surface area contributed by atoms with E-state index < -0.39 is 0 Å². The highest BCUT2D eigenvalue weighted by molar-refractivity contribution is 6.18. The van der Waals surface area contributed by atoms with Gasteiger partial charge in [0.25, 0.3) is 0 Å². The maximum absolute atomic E-state index is 3.55. The van der Waals surface area contributed by atoms with E-state index in [4.69, 9.17) is 0 Å². The topological polar surface area (TPSA) is 14.1 Å². The van der Waals surface area contributed by atoms with Crippen LogP contribution in [0.25, 0.3) is 43.6 Å². The van der Waals surface area contributed by atoms with Gasteiger partial charge in [0.05, 0.1) is 5.39 Å². The van der Waals surface area contributed by atoms with Crippen molar-refractivity contribution in [3.8, 4) is 11.3 Å². The number of rotatable bonds is 3. The first-order valence-electron chi connectivity index (χ1n) is 10.5. The SMILES string of the molecule is CCc1cc(-c2[nH+]ccc3c2ccc2c4ccccc4ccc32)cc(C(C)C)c1. The second kappa shape index (κ2) is 7.00. The van der Waals surface area contributed by atoms with Crippen molar-refractivity contribution in [2.45, 2.75) is 33.1 Å². The minimum atomic E-state index is 0.516. The Morgan fingerprint density at radius 1 is 0.724 bits per heavy atom. The molecule has 1 heterocycles. The maximum Gasteiger partial charge on any atom is 0.218 e. The molecule has 0 bridgehead atoms. The molecule has 0 fully saturated rings. The van der Waals surface area contributed by atoms with Crippen LogP contribution >= 0.6 is 0 Å². The average Bonchev–Trinajstić information content (AvgIpc) is 2.77. The lowest BCUT2D eigenvalue weighted by atomic mass is 9.92. The Morgan fingerprint density at radius 2 is 1.45 bits per heavy atom. The van der Waals surface area contributed by atoms with E-state index in [-0.39, 0.29) is 0 Å². The lowest BCUT2D eigenvalue weighted by Crippen LogP contribution is -2.07. The predicted octanol–water partition coefficient (Wildman–Crippen LogP) is 7.31. The number of hydrogen-bond acceptors (Lipinski definition) is 0. The summed E-state index contributed by atoms with van der Waals surface area (Å²) in [5, 5.41) is 7.81. The number of H-pyrrole nitrogens is 1. The molecule has 1 aromatic heterocycles. The molecule has 0 unspecified atom stereocenters. The van der Waals surface area contributed by atoms with Gasteiger partial charge in [-0.2, -0.15) is 0 Å². The average molecular weight is 377 g/mol. The Bertz CT molecular complexity index is 1360. The highest BCUT2D eigenvalue weighted by Gasteiger charge is 2.16. The molecule has 5 aromatic rings. The van der Waals surface area contributed by atoms with Crippen LogP contribution in [0.3, 0.4) is 0 Å². The minimum Gasteiger partial charge on any atom is -0.211 e. The summed E-state index contributed by atoms with van der Waals surface area (Å²) in [6.07, 6.45) is 3.13. The zero-order valence-corrected chi connectivity index (χ0v) is 17.3. The maximum atomic E-state index is 3.55. The summed E-state index contributed by atoms with van der Waals surface area (Å²) in [7, 11) is 0. The molecule has 0 aliphatic heterocycles. The largest absolute Gasteiger partial charge is 0.218 e. The van der Waals surface area contributed by atoms with E-state index in [1.54, 1.807) is 0 Å². The quantitative estimate of drug-likeness (QED) is 0.293. The Morgan fingerprint density at radius 3 is 2.28 bits per heavy atom. The van der Waals surface area contributed by atoms with Gasteiger partial charge in [0.2, 0.25) is 5.69 Å². The van der Waals surface area contributed by atoms with Gasteiger partial charge in [-0.1, -0.05) is 69.3 Å². The van der Waals surface area contributed by atoms with Crippen molar-refractivity contribution in [2.75, 3.05) is 0 Å². The van der Waals surface area contributed by atoms with E-state index in [1.165, 1.54) is 54.7 Å². The van der Waals surface area contributed by atoms with E-state index in [0.29, 0.717) is 5.92 Å². The second-order valence-electron chi connectivity index (χ2n) is 8.23. The van der Waals surface area contributed by atoms with Crippen LogP contribution in [-0.2, 0) is 6.42 Å². The van der Waals surface area contributed by atoms with E-state index in [2.05, 4.69) is 105 Å². The van der Waals surface area contributed by atoms with Gasteiger partial charge in [0.1, 0.15) is 0 Å². The van der Waals surface area contributed by atoms with Crippen molar-refractivity contribution in [3.63, 3.8) is 0 Å². The first kappa shape index (κ1) is 17.9. The van der Waals surface area contributed by atoms with Gasteiger partial charge in [-0.25, -0.2) is 4.98 Å². The first-order valence-corrected chi connectivity index (χ1v) is 10.5. The lowest BCUT2D eigenvalue weighted by molar-refractivity contribution is -0.362. The highest BCUT2D eigenvalue weighted by atomic mass is 14.7. The van der Waals surface area contributed by atoms with E-state index in [0.717, 1.165) is 6.42 Å². The number of aromatic nitrogens is 1. The Labute approximate surface area is 172 Å². The van der Waals surface area contributed by atoms with Crippen LogP contribution in [-0.4, -0.2) is 0 Å². The second-order valence-corrected chi connectivity index (χ2v) is 8.23. The molecule has 5 rings (SSSR count). The normalized spacial score (nSPS) is 11.7. The molecule has 0 saturated heterocycles. The van der Waals surface area contributed by atoms with Crippen molar-refractivity contribution in [2.24, 2.45) is 0 Å². The van der Waals surface area contributed by atoms with Gasteiger partial charge >= 0.3 is 0 Å². The molecule has 29 heavy (non-hydrogen) atoms. The summed E-state index contributed by atoms with van der Waals surface area (Å²) in [6.45, 7) is 6.77. The summed E-state index contributed by atoms with van der Waals surface area (Å²) in [5.41, 5.74) is 5.27. The Balaban J connectivity index is 1.81. The number of benzene rings is 4. The van der Waals surface area contributed by atoms with Crippen molar-refractivity contribution >= 4 is 32.3 Å². The molecule has 0 spiro atoms. The number of nitrogens with one attached hydrogen (secondary N) is 1. The molecule has 142 valence electrons. The van der Waals surface area contributed by atoms with Gasteiger partial charge in [-0.15, -0.1) is 0 Å². The third kappa shape index (κ3) is 2.98. The van der Waals surface area contributed by atoms with Crippen molar-refractivity contribution in [1.82, 2.24) is 0 Å². The summed E-state index contributed by atoms with van der Waals surface area (Å²) >= 11 is 0. The standard InChI is InChI=1S/C28H25N/c1-4-19-15-21(18(2)3)17-22(16-19)28-27-12-11-24-23-8-6-5-7-20(23)9-10-25(24)26(27)13-14-29-28/h5-18H,4H2,1-3H3/p+1.